The number of guanidine groups is 1. The first-order valence-corrected chi connectivity index (χ1v) is 13.9. The number of nitrogens with two attached hydrogens (primary N) is 3. The van der Waals surface area contributed by atoms with Crippen LogP contribution in [0.4, 0.5) is 9.52 Å². The highest BCUT2D eigenvalue weighted by molar-refractivity contribution is 8.00. The highest BCUT2D eigenvalue weighted by Gasteiger charge is 2.54. The number of aliphatic carboxylic acids is 1. The lowest BCUT2D eigenvalue weighted by Gasteiger charge is -2.49. The Kier molecular flexibility index (Phi) is 9.15. The molecule has 19 heteroatoms. The van der Waals surface area contributed by atoms with E-state index in [9.17, 15) is 23.9 Å². The quantitative estimate of drug-likeness (QED) is 0.0997. The first-order chi connectivity index (χ1) is 19.1. The van der Waals surface area contributed by atoms with E-state index in [2.05, 4.69) is 34.8 Å². The summed E-state index contributed by atoms with van der Waals surface area (Å²) in [4.78, 5) is 51.7. The van der Waals surface area contributed by atoms with E-state index in [-0.39, 0.29) is 46.0 Å². The number of amides is 2. The normalized spacial score (nSPS) is 25.5. The summed E-state index contributed by atoms with van der Waals surface area (Å²) >= 11 is 2.00. The second-order valence-electron chi connectivity index (χ2n) is 9.00. The minimum Gasteiger partial charge on any atom is -0.477 e. The number of hydrazone groups is 1. The van der Waals surface area contributed by atoms with Crippen molar-refractivity contribution in [3.05, 3.63) is 17.1 Å². The highest BCUT2D eigenvalue weighted by atomic mass is 32.2. The van der Waals surface area contributed by atoms with Crippen LogP contribution in [0.25, 0.3) is 0 Å². The van der Waals surface area contributed by atoms with Gasteiger partial charge in [-0.05, 0) is 25.7 Å². The summed E-state index contributed by atoms with van der Waals surface area (Å²) in [7, 11) is 1.58. The Hall–Kier alpha value is -3.84. The standard InChI is InChI=1S/C21H28FN11O5S2/c1-32(20(24)27-11-4-2-10(23)3-5-11)26-6-9-7-39-18-13(17(35)33(18)14(9)19(36)37)28-16(34)12(30-38-8-22)15-29-21(25)40-31-15/h6,10-11,13,18H,2-5,7-8,23H2,1H3,(H2,24,27)(H,28,34)(H,36,37)(H2,25,29,31)/b26-6+,30-12-/t10?,11?,13-,18?/m1/s1. The molecule has 3 aliphatic rings. The molecule has 1 aliphatic carbocycles. The van der Waals surface area contributed by atoms with E-state index in [1.807, 2.05) is 0 Å². The molecule has 2 fully saturated rings. The summed E-state index contributed by atoms with van der Waals surface area (Å²) < 4.78 is 16.4. The molecule has 1 unspecified atom stereocenters. The molecule has 0 bridgehead atoms. The number of carbonyl (C=O) groups is 3. The molecule has 1 aromatic rings. The van der Waals surface area contributed by atoms with Crippen LogP contribution in [0.3, 0.4) is 0 Å². The van der Waals surface area contributed by atoms with Crippen molar-refractivity contribution < 1.29 is 28.7 Å². The van der Waals surface area contributed by atoms with E-state index in [1.165, 1.54) is 23.0 Å². The molecule has 1 aromatic heterocycles. The molecule has 0 spiro atoms. The number of alkyl halides is 1. The third-order valence-electron chi connectivity index (χ3n) is 6.33. The number of hydrogen-bond acceptors (Lipinski definition) is 13. The number of β-lactam (4-membered cyclic amide) rings is 1. The SMILES string of the molecule is CN(/N=C/C1=C(C(=O)O)N2C(=O)[C@@H](NC(=O)/C(=N\OCF)c3nsc(N)n3)C2SC1)C(N)=NC1CCC(N)CC1. The zero-order valence-electron chi connectivity index (χ0n) is 21.3. The number of thioether (sulfide) groups is 1. The molecular weight excluding hydrogens is 569 g/mol. The molecule has 0 radical (unpaired) electrons. The lowest BCUT2D eigenvalue weighted by molar-refractivity contribution is -0.150. The molecule has 3 heterocycles. The lowest BCUT2D eigenvalue weighted by Crippen LogP contribution is -2.71. The maximum absolute atomic E-state index is 13.0. The van der Waals surface area contributed by atoms with E-state index < -0.39 is 41.8 Å². The van der Waals surface area contributed by atoms with Crippen molar-refractivity contribution in [2.24, 2.45) is 26.7 Å². The summed E-state index contributed by atoms with van der Waals surface area (Å²) in [5.41, 5.74) is 17.1. The van der Waals surface area contributed by atoms with Crippen LogP contribution < -0.4 is 22.5 Å². The number of carbonyl (C=O) groups excluding carboxylic acids is 2. The number of carboxylic acid groups (broad SMARTS) is 1. The van der Waals surface area contributed by atoms with Gasteiger partial charge in [0, 0.05) is 35.9 Å². The number of anilines is 1. The van der Waals surface area contributed by atoms with E-state index >= 15 is 0 Å². The van der Waals surface area contributed by atoms with Gasteiger partial charge in [0.25, 0.3) is 18.7 Å². The monoisotopic (exact) mass is 597 g/mol. The number of nitrogens with zero attached hydrogens (tertiary/aromatic N) is 7. The molecule has 2 atom stereocenters. The van der Waals surface area contributed by atoms with Crippen LogP contribution in [0.5, 0.6) is 0 Å². The molecule has 16 nitrogen and oxygen atoms in total. The largest absolute Gasteiger partial charge is 0.477 e. The maximum atomic E-state index is 13.0. The van der Waals surface area contributed by atoms with E-state index in [4.69, 9.17) is 17.2 Å². The highest BCUT2D eigenvalue weighted by Crippen LogP contribution is 2.40. The average molecular weight is 598 g/mol. The van der Waals surface area contributed by atoms with Gasteiger partial charge < -0.3 is 32.5 Å². The number of aromatic nitrogens is 2. The fourth-order valence-electron chi connectivity index (χ4n) is 4.27. The Balaban J connectivity index is 1.46. The van der Waals surface area contributed by atoms with E-state index in [0.29, 0.717) is 0 Å². The Morgan fingerprint density at radius 1 is 1.35 bits per heavy atom. The van der Waals surface area contributed by atoms with Crippen LogP contribution in [0.1, 0.15) is 31.5 Å². The maximum Gasteiger partial charge on any atom is 0.353 e. The predicted octanol–water partition coefficient (Wildman–Crippen LogP) is -0.991. The number of oxime groups is 1. The van der Waals surface area contributed by atoms with Gasteiger partial charge in [-0.2, -0.15) is 14.5 Å². The minimum absolute atomic E-state index is 0.0345. The number of nitrogens with one attached hydrogen (secondary N) is 1. The molecule has 2 amide bonds. The summed E-state index contributed by atoms with van der Waals surface area (Å²) in [6, 6.07) is -0.874. The number of hydrogen-bond donors (Lipinski definition) is 5. The van der Waals surface area contributed by atoms with Crippen LogP contribution in [0.2, 0.25) is 0 Å². The van der Waals surface area contributed by atoms with Crippen molar-refractivity contribution in [2.45, 2.75) is 49.2 Å². The molecule has 0 aromatic carbocycles. The fourth-order valence-corrected chi connectivity index (χ4v) is 6.00. The van der Waals surface area contributed by atoms with E-state index in [1.54, 1.807) is 7.05 Å². The topological polar surface area (TPSA) is 240 Å². The smallest absolute Gasteiger partial charge is 0.353 e. The summed E-state index contributed by atoms with van der Waals surface area (Å²) in [6.45, 7) is -1.32. The van der Waals surface area contributed by atoms with Crippen molar-refractivity contribution in [3.63, 3.8) is 0 Å². The van der Waals surface area contributed by atoms with Gasteiger partial charge in [-0.15, -0.1) is 11.8 Å². The van der Waals surface area contributed by atoms with Crippen LogP contribution in [0, 0.1) is 0 Å². The molecule has 40 heavy (non-hydrogen) atoms. The molecule has 216 valence electrons. The van der Waals surface area contributed by atoms with Crippen molar-refractivity contribution >= 4 is 64.1 Å². The molecule has 8 N–H and O–H groups in total. The van der Waals surface area contributed by atoms with Crippen LogP contribution in [0.15, 0.2) is 26.5 Å². The number of carboxylic acids is 1. The first kappa shape index (κ1) is 29.2. The van der Waals surface area contributed by atoms with Gasteiger partial charge in [-0.3, -0.25) is 14.5 Å². The Morgan fingerprint density at radius 3 is 2.70 bits per heavy atom. The Labute approximate surface area is 235 Å². The van der Waals surface area contributed by atoms with Gasteiger partial charge in [-0.25, -0.2) is 19.2 Å². The van der Waals surface area contributed by atoms with Gasteiger partial charge >= 0.3 is 5.97 Å². The minimum atomic E-state index is -1.34. The van der Waals surface area contributed by atoms with Gasteiger partial charge in [0.15, 0.2) is 5.13 Å². The van der Waals surface area contributed by atoms with E-state index in [0.717, 1.165) is 42.1 Å². The second-order valence-corrected chi connectivity index (χ2v) is 10.9. The van der Waals surface area contributed by atoms with Crippen LogP contribution in [-0.2, 0) is 19.2 Å². The number of fused-ring (bicyclic) bond motifs is 1. The van der Waals surface area contributed by atoms with Crippen LogP contribution in [-0.4, -0.2) is 103 Å². The number of aliphatic imine (C=N–C) groups is 1. The van der Waals surface area contributed by atoms with Gasteiger partial charge in [0.1, 0.15) is 17.1 Å². The average Bonchev–Trinajstić information content (AvgIpc) is 3.36. The van der Waals surface area contributed by atoms with Crippen molar-refractivity contribution in [1.82, 2.24) is 24.6 Å². The Bertz CT molecular complexity index is 1280. The zero-order valence-corrected chi connectivity index (χ0v) is 22.9. The molecule has 1 saturated carbocycles. The van der Waals surface area contributed by atoms with Crippen LogP contribution >= 0.6 is 23.3 Å². The van der Waals surface area contributed by atoms with Gasteiger partial charge in [0.2, 0.25) is 17.5 Å². The van der Waals surface area contributed by atoms with Gasteiger partial charge in [0.05, 0.1) is 12.3 Å². The van der Waals surface area contributed by atoms with Crippen molar-refractivity contribution in [2.75, 3.05) is 25.4 Å². The fraction of sp³-hybridized carbons (Fsp3) is 0.524. The third kappa shape index (κ3) is 6.31. The predicted molar refractivity (Wildman–Crippen MR) is 146 cm³/mol. The third-order valence-corrected chi connectivity index (χ3v) is 8.18. The van der Waals surface area contributed by atoms with Crippen molar-refractivity contribution in [3.8, 4) is 0 Å². The number of nitrogen functional groups attached to an aromatic ring is 1. The number of rotatable bonds is 9. The molecule has 4 rings (SSSR count). The zero-order chi connectivity index (χ0) is 29.0. The second kappa shape index (κ2) is 12.6. The number of halogens is 1. The first-order valence-electron chi connectivity index (χ1n) is 12.0. The molecule has 1 saturated heterocycles. The van der Waals surface area contributed by atoms with Crippen molar-refractivity contribution in [1.29, 1.82) is 0 Å². The molecule has 2 aliphatic heterocycles. The summed E-state index contributed by atoms with van der Waals surface area (Å²) in [5.74, 6) is -2.80. The molecular formula is C21H28FN11O5S2. The Morgan fingerprint density at radius 2 is 2.08 bits per heavy atom. The summed E-state index contributed by atoms with van der Waals surface area (Å²) in [6.07, 6.45) is 4.70. The van der Waals surface area contributed by atoms with Gasteiger partial charge in [-0.1, -0.05) is 5.16 Å². The summed E-state index contributed by atoms with van der Waals surface area (Å²) in [5, 5.41) is 20.6. The lowest BCUT2D eigenvalue weighted by atomic mass is 9.92.